The Balaban J connectivity index is 1.37. The molecule has 1 aliphatic rings. The van der Waals surface area contributed by atoms with Crippen LogP contribution in [0, 0.1) is 12.7 Å². The number of benzene rings is 3. The maximum atomic E-state index is 13.1. The molecule has 0 bridgehead atoms. The molecule has 3 aromatic rings. The van der Waals surface area contributed by atoms with Gasteiger partial charge in [0, 0.05) is 5.69 Å². The summed E-state index contributed by atoms with van der Waals surface area (Å²) in [4.78, 5) is 38.1. The number of nitrogens with zero attached hydrogens (tertiary/aromatic N) is 1. The largest absolute Gasteiger partial charge is 0.482 e. The number of aryl methyl sites for hydroxylation is 1. The van der Waals surface area contributed by atoms with Crippen LogP contribution in [0.2, 0.25) is 5.02 Å². The minimum atomic E-state index is -0.573. The number of ether oxygens (including phenoxy) is 1. The van der Waals surface area contributed by atoms with E-state index in [0.717, 1.165) is 10.5 Å². The van der Waals surface area contributed by atoms with Gasteiger partial charge < -0.3 is 15.4 Å². The molecular weight excluding hydrogens is 473 g/mol. The molecule has 0 spiro atoms. The predicted octanol–water partition coefficient (Wildman–Crippen LogP) is 4.90. The van der Waals surface area contributed by atoms with E-state index >= 15 is 0 Å². The minimum Gasteiger partial charge on any atom is -0.482 e. The van der Waals surface area contributed by atoms with Crippen molar-refractivity contribution in [2.75, 3.05) is 11.9 Å². The highest BCUT2D eigenvalue weighted by molar-refractivity contribution is 6.32. The van der Waals surface area contributed by atoms with Crippen molar-refractivity contribution in [2.24, 2.45) is 0 Å². The van der Waals surface area contributed by atoms with E-state index in [-0.39, 0.29) is 29.8 Å². The van der Waals surface area contributed by atoms with Crippen LogP contribution in [0.3, 0.4) is 0 Å². The number of hydrogen-bond acceptors (Lipinski definition) is 4. The van der Waals surface area contributed by atoms with Crippen molar-refractivity contribution in [1.82, 2.24) is 10.2 Å². The molecule has 0 aliphatic carbocycles. The van der Waals surface area contributed by atoms with E-state index < -0.39 is 17.8 Å². The van der Waals surface area contributed by atoms with Crippen molar-refractivity contribution < 1.29 is 23.5 Å². The molecule has 1 aliphatic heterocycles. The maximum absolute atomic E-state index is 13.1. The number of rotatable bonds is 7. The molecule has 35 heavy (non-hydrogen) atoms. The van der Waals surface area contributed by atoms with Crippen molar-refractivity contribution in [1.29, 1.82) is 0 Å². The molecule has 0 unspecified atom stereocenters. The van der Waals surface area contributed by atoms with E-state index in [2.05, 4.69) is 10.6 Å². The average Bonchev–Trinajstić information content (AvgIpc) is 3.08. The third-order valence-corrected chi connectivity index (χ3v) is 5.47. The van der Waals surface area contributed by atoms with Crippen LogP contribution >= 0.6 is 11.6 Å². The van der Waals surface area contributed by atoms with Gasteiger partial charge in [0.25, 0.3) is 11.8 Å². The maximum Gasteiger partial charge on any atom is 0.329 e. The summed E-state index contributed by atoms with van der Waals surface area (Å²) in [6, 6.07) is 17.1. The van der Waals surface area contributed by atoms with Crippen LogP contribution in [-0.2, 0) is 16.1 Å². The first-order chi connectivity index (χ1) is 16.8. The number of carbonyl (C=O) groups is 3. The lowest BCUT2D eigenvalue weighted by molar-refractivity contribution is -0.123. The van der Waals surface area contributed by atoms with Crippen LogP contribution < -0.4 is 15.4 Å². The predicted molar refractivity (Wildman–Crippen MR) is 130 cm³/mol. The smallest absolute Gasteiger partial charge is 0.329 e. The van der Waals surface area contributed by atoms with Crippen molar-refractivity contribution in [2.45, 2.75) is 13.5 Å². The Morgan fingerprint density at radius 3 is 2.49 bits per heavy atom. The lowest BCUT2D eigenvalue weighted by Crippen LogP contribution is -2.30. The molecule has 0 atom stereocenters. The first kappa shape index (κ1) is 24.0. The first-order valence-electron chi connectivity index (χ1n) is 10.7. The molecule has 3 aromatic carbocycles. The molecule has 1 fully saturated rings. The SMILES string of the molecule is Cc1ccc(NC(=O)COc2ccc(C=C3NC(=O)N(Cc4ccc(F)cc4)C3=O)cc2Cl)cc1. The van der Waals surface area contributed by atoms with Crippen LogP contribution in [-0.4, -0.2) is 29.4 Å². The van der Waals surface area contributed by atoms with Crippen molar-refractivity contribution in [3.05, 3.63) is 100.0 Å². The zero-order valence-electron chi connectivity index (χ0n) is 18.7. The van der Waals surface area contributed by atoms with Crippen LogP contribution in [0.25, 0.3) is 6.08 Å². The van der Waals surface area contributed by atoms with Gasteiger partial charge in [-0.1, -0.05) is 47.5 Å². The highest BCUT2D eigenvalue weighted by Gasteiger charge is 2.33. The van der Waals surface area contributed by atoms with Gasteiger partial charge in [-0.05, 0) is 60.5 Å². The summed E-state index contributed by atoms with van der Waals surface area (Å²) in [5, 5.41) is 5.50. The fourth-order valence-corrected chi connectivity index (χ4v) is 3.60. The van der Waals surface area contributed by atoms with Crippen LogP contribution in [0.5, 0.6) is 5.75 Å². The lowest BCUT2D eigenvalue weighted by atomic mass is 10.1. The number of urea groups is 1. The quantitative estimate of drug-likeness (QED) is 0.362. The topological polar surface area (TPSA) is 87.7 Å². The number of anilines is 1. The zero-order valence-corrected chi connectivity index (χ0v) is 19.4. The number of nitrogens with one attached hydrogen (secondary N) is 2. The fraction of sp³-hybridized carbons (Fsp3) is 0.115. The van der Waals surface area contributed by atoms with Gasteiger partial charge in [0.15, 0.2) is 6.61 Å². The zero-order chi connectivity index (χ0) is 24.9. The summed E-state index contributed by atoms with van der Waals surface area (Å²) >= 11 is 6.29. The molecular formula is C26H21ClFN3O4. The molecule has 0 aromatic heterocycles. The van der Waals surface area contributed by atoms with E-state index in [1.54, 1.807) is 30.3 Å². The Morgan fingerprint density at radius 2 is 1.80 bits per heavy atom. The van der Waals surface area contributed by atoms with Crippen molar-refractivity contribution >= 4 is 41.2 Å². The van der Waals surface area contributed by atoms with E-state index in [0.29, 0.717) is 22.6 Å². The van der Waals surface area contributed by atoms with Gasteiger partial charge in [-0.3, -0.25) is 14.5 Å². The number of carbonyl (C=O) groups excluding carboxylic acids is 3. The van der Waals surface area contributed by atoms with Crippen molar-refractivity contribution in [3.8, 4) is 5.75 Å². The highest BCUT2D eigenvalue weighted by Crippen LogP contribution is 2.27. The van der Waals surface area contributed by atoms with Crippen LogP contribution in [0.15, 0.2) is 72.4 Å². The second-order valence-corrected chi connectivity index (χ2v) is 8.31. The number of halogens is 2. The second kappa shape index (κ2) is 10.4. The molecule has 9 heteroatoms. The Hall–Kier alpha value is -4.17. The third kappa shape index (κ3) is 6.04. The number of hydrogen-bond donors (Lipinski definition) is 2. The summed E-state index contributed by atoms with van der Waals surface area (Å²) in [6.45, 7) is 1.73. The molecule has 2 N–H and O–H groups in total. The highest BCUT2D eigenvalue weighted by atomic mass is 35.5. The molecule has 0 saturated carbocycles. The van der Waals surface area contributed by atoms with Gasteiger partial charge in [-0.15, -0.1) is 0 Å². The monoisotopic (exact) mass is 493 g/mol. The molecule has 4 rings (SSSR count). The summed E-state index contributed by atoms with van der Waals surface area (Å²) in [5.41, 5.74) is 3.00. The van der Waals surface area contributed by atoms with E-state index in [4.69, 9.17) is 16.3 Å². The Kier molecular flexibility index (Phi) is 7.12. The molecule has 4 amide bonds. The van der Waals surface area contributed by atoms with Crippen molar-refractivity contribution in [3.63, 3.8) is 0 Å². The van der Waals surface area contributed by atoms with Gasteiger partial charge in [-0.2, -0.15) is 0 Å². The van der Waals surface area contributed by atoms with Gasteiger partial charge in [-0.25, -0.2) is 9.18 Å². The van der Waals surface area contributed by atoms with Gasteiger partial charge >= 0.3 is 6.03 Å². The summed E-state index contributed by atoms with van der Waals surface area (Å²) in [5.74, 6) is -0.949. The second-order valence-electron chi connectivity index (χ2n) is 7.90. The van der Waals surface area contributed by atoms with Gasteiger partial charge in [0.05, 0.1) is 11.6 Å². The fourth-order valence-electron chi connectivity index (χ4n) is 3.36. The third-order valence-electron chi connectivity index (χ3n) is 5.18. The van der Waals surface area contributed by atoms with Crippen LogP contribution in [0.4, 0.5) is 14.9 Å². The average molecular weight is 494 g/mol. The molecule has 7 nitrogen and oxygen atoms in total. The van der Waals surface area contributed by atoms with E-state index in [1.807, 2.05) is 19.1 Å². The first-order valence-corrected chi connectivity index (χ1v) is 11.0. The number of imide groups is 1. The molecule has 1 saturated heterocycles. The lowest BCUT2D eigenvalue weighted by Gasteiger charge is -2.11. The Bertz CT molecular complexity index is 1310. The molecule has 1 heterocycles. The minimum absolute atomic E-state index is 0.0144. The van der Waals surface area contributed by atoms with E-state index in [1.165, 1.54) is 30.3 Å². The Morgan fingerprint density at radius 1 is 1.09 bits per heavy atom. The standard InChI is InChI=1S/C26H21ClFN3O4/c1-16-2-9-20(10-3-16)29-24(32)15-35-23-11-6-18(12-21(23)27)13-22-25(33)31(26(34)30-22)14-17-4-7-19(28)8-5-17/h2-13H,14-15H2,1H3,(H,29,32)(H,30,34). The molecule has 178 valence electrons. The summed E-state index contributed by atoms with van der Waals surface area (Å²) in [7, 11) is 0. The normalized spacial score (nSPS) is 14.3. The summed E-state index contributed by atoms with van der Waals surface area (Å²) in [6.07, 6.45) is 1.49. The van der Waals surface area contributed by atoms with Gasteiger partial charge in [0.2, 0.25) is 0 Å². The number of amides is 4. The summed E-state index contributed by atoms with van der Waals surface area (Å²) < 4.78 is 18.6. The Labute approximate surface area is 206 Å². The van der Waals surface area contributed by atoms with Gasteiger partial charge in [0.1, 0.15) is 17.3 Å². The molecule has 0 radical (unpaired) electrons. The van der Waals surface area contributed by atoms with E-state index in [9.17, 15) is 18.8 Å². The van der Waals surface area contributed by atoms with Crippen LogP contribution in [0.1, 0.15) is 16.7 Å².